The number of amides is 2. The summed E-state index contributed by atoms with van der Waals surface area (Å²) in [4.78, 5) is 47.8. The lowest BCUT2D eigenvalue weighted by Gasteiger charge is -2.42. The van der Waals surface area contributed by atoms with E-state index in [0.29, 0.717) is 36.7 Å². The maximum atomic E-state index is 14.3. The average molecular weight is 646 g/mol. The Morgan fingerprint density at radius 1 is 1.09 bits per heavy atom. The number of carbonyl (C=O) groups is 3. The molecule has 3 N–H and O–H groups in total. The van der Waals surface area contributed by atoms with E-state index in [4.69, 9.17) is 22.1 Å². The van der Waals surface area contributed by atoms with Crippen molar-refractivity contribution in [1.82, 2.24) is 20.0 Å². The molecule has 44 heavy (non-hydrogen) atoms. The van der Waals surface area contributed by atoms with Crippen LogP contribution < -0.4 is 15.8 Å². The van der Waals surface area contributed by atoms with E-state index in [0.717, 1.165) is 49.9 Å². The number of nitrogens with zero attached hydrogens (tertiary/aromatic N) is 3. The third-order valence-corrected chi connectivity index (χ3v) is 10.0. The van der Waals surface area contributed by atoms with Gasteiger partial charge in [0.05, 0.1) is 17.6 Å². The molecule has 1 saturated carbocycles. The number of ether oxygens (including phenoxy) is 1. The first-order valence-electron chi connectivity index (χ1n) is 15.9. The minimum absolute atomic E-state index is 0.0446. The summed E-state index contributed by atoms with van der Waals surface area (Å²) in [5.74, 6) is 0.719. The molecule has 242 valence electrons. The molecule has 2 fully saturated rings. The molecule has 2 atom stereocenters. The van der Waals surface area contributed by atoms with Crippen molar-refractivity contribution in [2.75, 3.05) is 46.8 Å². The van der Waals surface area contributed by atoms with E-state index in [9.17, 15) is 14.4 Å². The Morgan fingerprint density at radius 3 is 2.55 bits per heavy atom. The molecule has 0 bridgehead atoms. The second-order valence-corrected chi connectivity index (χ2v) is 13.7. The molecule has 0 spiro atoms. The van der Waals surface area contributed by atoms with Gasteiger partial charge < -0.3 is 30.5 Å². The molecule has 2 aromatic rings. The number of benzene rings is 1. The van der Waals surface area contributed by atoms with Gasteiger partial charge in [-0.25, -0.2) is 4.79 Å². The van der Waals surface area contributed by atoms with Gasteiger partial charge in [-0.05, 0) is 102 Å². The van der Waals surface area contributed by atoms with Gasteiger partial charge in [-0.1, -0.05) is 36.2 Å². The van der Waals surface area contributed by atoms with Crippen molar-refractivity contribution < 1.29 is 19.1 Å². The van der Waals surface area contributed by atoms with Crippen molar-refractivity contribution in [3.05, 3.63) is 51.7 Å². The topological polar surface area (TPSA) is 108 Å². The van der Waals surface area contributed by atoms with Gasteiger partial charge in [-0.2, -0.15) is 0 Å². The Labute approximate surface area is 271 Å². The van der Waals surface area contributed by atoms with E-state index in [1.165, 1.54) is 4.90 Å². The molecule has 1 aromatic carbocycles. The summed E-state index contributed by atoms with van der Waals surface area (Å²) in [7, 11) is 4.11. The first-order chi connectivity index (χ1) is 21.2. The summed E-state index contributed by atoms with van der Waals surface area (Å²) < 4.78 is 5.59. The number of piperazine rings is 1. The number of para-hydroxylation sites is 1. The lowest BCUT2D eigenvalue weighted by atomic mass is 9.85. The third-order valence-electron chi connectivity index (χ3n) is 8.79. The Kier molecular flexibility index (Phi) is 13.5. The van der Waals surface area contributed by atoms with Crippen molar-refractivity contribution >= 4 is 40.7 Å². The van der Waals surface area contributed by atoms with Gasteiger partial charge in [0.15, 0.2) is 11.5 Å². The number of unbranched alkanes of at least 4 members (excludes halogenated alkanes) is 1. The van der Waals surface area contributed by atoms with Crippen LogP contribution in [-0.4, -0.2) is 97.4 Å². The molecule has 2 aliphatic rings. The van der Waals surface area contributed by atoms with Crippen LogP contribution in [0.3, 0.4) is 0 Å². The molecule has 2 amide bonds. The van der Waals surface area contributed by atoms with Gasteiger partial charge >= 0.3 is 6.09 Å². The van der Waals surface area contributed by atoms with E-state index in [1.807, 2.05) is 17.5 Å². The van der Waals surface area contributed by atoms with E-state index in [1.54, 1.807) is 40.5 Å². The zero-order chi connectivity index (χ0) is 31.5. The molecule has 0 unspecified atom stereocenters. The summed E-state index contributed by atoms with van der Waals surface area (Å²) in [5.41, 5.74) is 5.92. The van der Waals surface area contributed by atoms with Crippen LogP contribution in [0.15, 0.2) is 41.8 Å². The fourth-order valence-corrected chi connectivity index (χ4v) is 7.03. The van der Waals surface area contributed by atoms with Gasteiger partial charge in [0.1, 0.15) is 6.04 Å². The molecule has 1 aromatic heterocycles. The SMILES string of the molecule is CN(C)CCCC[C@@H](NC1CCC(CN)CC1)C(=O)N1CCN(C(=O)Oc2ccccc2Cl)C[C@H]1C(=O)CCc1cccs1. The summed E-state index contributed by atoms with van der Waals surface area (Å²) in [6.45, 7) is 2.30. The van der Waals surface area contributed by atoms with Crippen LogP contribution in [0.25, 0.3) is 0 Å². The number of nitrogens with two attached hydrogens (primary N) is 1. The summed E-state index contributed by atoms with van der Waals surface area (Å²) in [5, 5.41) is 6.03. The van der Waals surface area contributed by atoms with Crippen molar-refractivity contribution in [3.63, 3.8) is 0 Å². The fourth-order valence-electron chi connectivity index (χ4n) is 6.15. The lowest BCUT2D eigenvalue weighted by Crippen LogP contribution is -2.63. The molecule has 2 heterocycles. The van der Waals surface area contributed by atoms with Crippen LogP contribution >= 0.6 is 22.9 Å². The average Bonchev–Trinajstić information content (AvgIpc) is 3.56. The number of hydrogen-bond acceptors (Lipinski definition) is 8. The summed E-state index contributed by atoms with van der Waals surface area (Å²) >= 11 is 7.84. The number of ketones is 1. The van der Waals surface area contributed by atoms with Gasteiger partial charge in [-0.3, -0.25) is 9.59 Å². The maximum Gasteiger partial charge on any atom is 0.415 e. The lowest BCUT2D eigenvalue weighted by molar-refractivity contribution is -0.144. The van der Waals surface area contributed by atoms with Crippen LogP contribution in [0.4, 0.5) is 4.79 Å². The second-order valence-electron chi connectivity index (χ2n) is 12.3. The van der Waals surface area contributed by atoms with Crippen molar-refractivity contribution in [2.45, 2.75) is 75.9 Å². The number of halogens is 1. The Hall–Kier alpha value is -2.50. The fraction of sp³-hybridized carbons (Fsp3) is 0.606. The predicted octanol–water partition coefficient (Wildman–Crippen LogP) is 4.82. The van der Waals surface area contributed by atoms with E-state index < -0.39 is 12.1 Å². The smallest absolute Gasteiger partial charge is 0.409 e. The van der Waals surface area contributed by atoms with Crippen molar-refractivity contribution in [1.29, 1.82) is 0 Å². The molecule has 1 aliphatic heterocycles. The van der Waals surface area contributed by atoms with E-state index in [2.05, 4.69) is 24.3 Å². The number of thiophene rings is 1. The number of rotatable bonds is 14. The highest BCUT2D eigenvalue weighted by molar-refractivity contribution is 7.09. The Bertz CT molecular complexity index is 1200. The van der Waals surface area contributed by atoms with Crippen LogP contribution in [0.2, 0.25) is 5.02 Å². The molecule has 4 rings (SSSR count). The van der Waals surface area contributed by atoms with Crippen molar-refractivity contribution in [2.24, 2.45) is 11.7 Å². The highest BCUT2D eigenvalue weighted by atomic mass is 35.5. The molecule has 1 saturated heterocycles. The van der Waals surface area contributed by atoms with Gasteiger partial charge in [0.25, 0.3) is 0 Å². The second kappa shape index (κ2) is 17.3. The Balaban J connectivity index is 1.49. The van der Waals surface area contributed by atoms with Crippen LogP contribution in [-0.2, 0) is 16.0 Å². The normalized spacial score (nSPS) is 21.3. The van der Waals surface area contributed by atoms with E-state index in [-0.39, 0.29) is 49.2 Å². The van der Waals surface area contributed by atoms with Gasteiger partial charge in [0, 0.05) is 30.4 Å². The summed E-state index contributed by atoms with van der Waals surface area (Å²) in [6.07, 6.45) is 7.04. The highest BCUT2D eigenvalue weighted by Crippen LogP contribution is 2.27. The zero-order valence-electron chi connectivity index (χ0n) is 26.1. The molecule has 1 aliphatic carbocycles. The number of carbonyl (C=O) groups excluding carboxylic acids is 3. The monoisotopic (exact) mass is 645 g/mol. The minimum atomic E-state index is -0.742. The third kappa shape index (κ3) is 10.0. The standard InChI is InChI=1S/C33H48ClN5O4S/c1-37(2)18-6-5-10-28(36-25-14-12-24(22-35)13-15-25)32(41)39-20-19-38(33(42)43-31-11-4-3-9-27(31)34)23-29(39)30(40)17-16-26-8-7-21-44-26/h3-4,7-9,11,21,24-25,28-29,36H,5-6,10,12-20,22-23,35H2,1-2H3/t24?,25?,28-,29+/m1/s1. The molecule has 9 nitrogen and oxygen atoms in total. The number of aryl methyl sites for hydroxylation is 1. The van der Waals surface area contributed by atoms with Crippen molar-refractivity contribution in [3.8, 4) is 5.75 Å². The minimum Gasteiger partial charge on any atom is -0.409 e. The summed E-state index contributed by atoms with van der Waals surface area (Å²) in [6, 6.07) is 9.92. The van der Waals surface area contributed by atoms with Gasteiger partial charge in [0.2, 0.25) is 5.91 Å². The number of Topliss-reactive ketones (excluding diaryl/α,β-unsaturated/α-hetero) is 1. The first-order valence-corrected chi connectivity index (χ1v) is 17.2. The molecular weight excluding hydrogens is 598 g/mol. The quantitative estimate of drug-likeness (QED) is 0.284. The zero-order valence-corrected chi connectivity index (χ0v) is 27.7. The van der Waals surface area contributed by atoms with Crippen LogP contribution in [0.5, 0.6) is 5.75 Å². The first kappa shape index (κ1) is 34.4. The molecular formula is C33H48ClN5O4S. The van der Waals surface area contributed by atoms with Crippen LogP contribution in [0, 0.1) is 5.92 Å². The van der Waals surface area contributed by atoms with Crippen LogP contribution in [0.1, 0.15) is 56.2 Å². The Morgan fingerprint density at radius 2 is 1.86 bits per heavy atom. The molecule has 0 radical (unpaired) electrons. The molecule has 11 heteroatoms. The maximum absolute atomic E-state index is 14.3. The highest BCUT2D eigenvalue weighted by Gasteiger charge is 2.40. The largest absolute Gasteiger partial charge is 0.415 e. The van der Waals surface area contributed by atoms with E-state index >= 15 is 0 Å². The number of hydrogen-bond donors (Lipinski definition) is 2. The van der Waals surface area contributed by atoms with Gasteiger partial charge in [-0.15, -0.1) is 11.3 Å². The predicted molar refractivity (Wildman–Crippen MR) is 176 cm³/mol. The number of nitrogens with one attached hydrogen (secondary N) is 1.